The highest BCUT2D eigenvalue weighted by atomic mass is 32.2. The molecule has 0 radical (unpaired) electrons. The predicted molar refractivity (Wildman–Crippen MR) is 73.6 cm³/mol. The Kier molecular flexibility index (Phi) is 6.35. The molecule has 0 saturated carbocycles. The molecule has 0 fully saturated rings. The number of rotatable bonds is 8. The number of halogens is 2. The van der Waals surface area contributed by atoms with Gasteiger partial charge in [-0.25, -0.2) is 17.2 Å². The van der Waals surface area contributed by atoms with Crippen LogP contribution in [0.1, 0.15) is 18.9 Å². The van der Waals surface area contributed by atoms with Gasteiger partial charge in [-0.1, -0.05) is 6.92 Å². The standard InChI is InChI=1S/C13H19F2NO3S/c1-3-20(17,18)6-4-5-19-13-11(14)7-10(9-16-2)8-12(13)15/h7-8,16H,3-6,9H2,1-2H3. The molecule has 7 heteroatoms. The van der Waals surface area contributed by atoms with E-state index in [0.29, 0.717) is 12.1 Å². The molecule has 20 heavy (non-hydrogen) atoms. The van der Waals surface area contributed by atoms with Crippen molar-refractivity contribution < 1.29 is 21.9 Å². The van der Waals surface area contributed by atoms with E-state index in [0.717, 1.165) is 0 Å². The molecule has 1 aromatic carbocycles. The fraction of sp³-hybridized carbons (Fsp3) is 0.538. The van der Waals surface area contributed by atoms with Gasteiger partial charge in [-0.2, -0.15) is 0 Å². The van der Waals surface area contributed by atoms with Crippen molar-refractivity contribution in [1.82, 2.24) is 5.32 Å². The fourth-order valence-corrected chi connectivity index (χ4v) is 2.50. The van der Waals surface area contributed by atoms with Crippen LogP contribution in [0.15, 0.2) is 12.1 Å². The third-order valence-electron chi connectivity index (χ3n) is 2.72. The summed E-state index contributed by atoms with van der Waals surface area (Å²) in [5.74, 6) is -2.03. The van der Waals surface area contributed by atoms with Crippen LogP contribution in [0.25, 0.3) is 0 Å². The number of benzene rings is 1. The molecular weight excluding hydrogens is 288 g/mol. The Balaban J connectivity index is 2.60. The van der Waals surface area contributed by atoms with Gasteiger partial charge in [-0.15, -0.1) is 0 Å². The molecule has 0 aliphatic rings. The van der Waals surface area contributed by atoms with Crippen molar-refractivity contribution in [3.8, 4) is 5.75 Å². The molecule has 0 spiro atoms. The molecule has 0 aliphatic heterocycles. The van der Waals surface area contributed by atoms with Gasteiger partial charge in [0.25, 0.3) is 0 Å². The molecule has 0 heterocycles. The van der Waals surface area contributed by atoms with E-state index in [1.165, 1.54) is 12.1 Å². The van der Waals surface area contributed by atoms with E-state index in [1.54, 1.807) is 14.0 Å². The van der Waals surface area contributed by atoms with E-state index in [-0.39, 0.29) is 24.5 Å². The first-order valence-electron chi connectivity index (χ1n) is 6.35. The summed E-state index contributed by atoms with van der Waals surface area (Å²) >= 11 is 0. The predicted octanol–water partition coefficient (Wildman–Crippen LogP) is 1.89. The fourth-order valence-electron chi connectivity index (χ4n) is 1.65. The molecule has 0 aliphatic carbocycles. The quantitative estimate of drug-likeness (QED) is 0.745. The van der Waals surface area contributed by atoms with Gasteiger partial charge in [-0.3, -0.25) is 0 Å². The van der Waals surface area contributed by atoms with Crippen LogP contribution in [0.5, 0.6) is 5.75 Å². The molecule has 1 N–H and O–H groups in total. The monoisotopic (exact) mass is 307 g/mol. The summed E-state index contributed by atoms with van der Waals surface area (Å²) in [6.45, 7) is 1.86. The van der Waals surface area contributed by atoms with Gasteiger partial charge < -0.3 is 10.1 Å². The normalized spacial score (nSPS) is 11.6. The van der Waals surface area contributed by atoms with E-state index in [1.807, 2.05) is 0 Å². The second kappa shape index (κ2) is 7.54. The zero-order valence-corrected chi connectivity index (χ0v) is 12.4. The van der Waals surface area contributed by atoms with Crippen molar-refractivity contribution in [3.63, 3.8) is 0 Å². The lowest BCUT2D eigenvalue weighted by Crippen LogP contribution is -2.13. The Bertz CT molecular complexity index is 524. The van der Waals surface area contributed by atoms with Gasteiger partial charge in [0.2, 0.25) is 0 Å². The lowest BCUT2D eigenvalue weighted by atomic mass is 10.2. The van der Waals surface area contributed by atoms with Gasteiger partial charge in [0.05, 0.1) is 12.4 Å². The van der Waals surface area contributed by atoms with Crippen LogP contribution in [-0.4, -0.2) is 33.6 Å². The van der Waals surface area contributed by atoms with E-state index in [2.05, 4.69) is 5.32 Å². The van der Waals surface area contributed by atoms with Crippen LogP contribution >= 0.6 is 0 Å². The van der Waals surface area contributed by atoms with Crippen molar-refractivity contribution >= 4 is 9.84 Å². The smallest absolute Gasteiger partial charge is 0.190 e. The maximum Gasteiger partial charge on any atom is 0.190 e. The highest BCUT2D eigenvalue weighted by Gasteiger charge is 2.13. The van der Waals surface area contributed by atoms with Gasteiger partial charge in [0, 0.05) is 12.3 Å². The number of nitrogens with one attached hydrogen (secondary N) is 1. The maximum absolute atomic E-state index is 13.7. The Morgan fingerprint density at radius 3 is 2.35 bits per heavy atom. The Hall–Kier alpha value is -1.21. The van der Waals surface area contributed by atoms with Gasteiger partial charge >= 0.3 is 0 Å². The largest absolute Gasteiger partial charge is 0.488 e. The lowest BCUT2D eigenvalue weighted by Gasteiger charge is -2.10. The SMILES string of the molecule is CCS(=O)(=O)CCCOc1c(F)cc(CNC)cc1F. The highest BCUT2D eigenvalue weighted by molar-refractivity contribution is 7.91. The molecule has 0 bridgehead atoms. The van der Waals surface area contributed by atoms with Crippen LogP contribution in [0.3, 0.4) is 0 Å². The lowest BCUT2D eigenvalue weighted by molar-refractivity contribution is 0.285. The number of hydrogen-bond donors (Lipinski definition) is 1. The first-order chi connectivity index (χ1) is 9.39. The van der Waals surface area contributed by atoms with E-state index in [9.17, 15) is 17.2 Å². The zero-order chi connectivity index (χ0) is 15.2. The van der Waals surface area contributed by atoms with Crippen molar-refractivity contribution in [2.75, 3.05) is 25.2 Å². The Morgan fingerprint density at radius 2 is 1.85 bits per heavy atom. The van der Waals surface area contributed by atoms with Crippen molar-refractivity contribution in [3.05, 3.63) is 29.3 Å². The second-order valence-corrected chi connectivity index (χ2v) is 6.83. The molecule has 0 aromatic heterocycles. The Morgan fingerprint density at radius 1 is 1.25 bits per heavy atom. The van der Waals surface area contributed by atoms with Crippen LogP contribution in [0, 0.1) is 11.6 Å². The molecule has 1 rings (SSSR count). The summed E-state index contributed by atoms with van der Waals surface area (Å²) in [6.07, 6.45) is 0.202. The van der Waals surface area contributed by atoms with E-state index >= 15 is 0 Å². The van der Waals surface area contributed by atoms with Crippen molar-refractivity contribution in [2.24, 2.45) is 0 Å². The number of ether oxygens (including phenoxy) is 1. The highest BCUT2D eigenvalue weighted by Crippen LogP contribution is 2.23. The first kappa shape index (κ1) is 16.8. The molecule has 4 nitrogen and oxygen atoms in total. The minimum Gasteiger partial charge on any atom is -0.488 e. The summed E-state index contributed by atoms with van der Waals surface area (Å²) in [7, 11) is -1.41. The van der Waals surface area contributed by atoms with Gasteiger partial charge in [-0.05, 0) is 31.2 Å². The summed E-state index contributed by atoms with van der Waals surface area (Å²) in [6, 6.07) is 2.38. The molecule has 0 unspecified atom stereocenters. The zero-order valence-electron chi connectivity index (χ0n) is 11.6. The average Bonchev–Trinajstić information content (AvgIpc) is 2.37. The minimum absolute atomic E-state index is 0.0432. The second-order valence-electron chi connectivity index (χ2n) is 4.36. The van der Waals surface area contributed by atoms with E-state index in [4.69, 9.17) is 4.74 Å². The van der Waals surface area contributed by atoms with Gasteiger partial charge in [0.15, 0.2) is 17.4 Å². The third-order valence-corrected chi connectivity index (χ3v) is 4.52. The minimum atomic E-state index is -3.08. The van der Waals surface area contributed by atoms with Crippen molar-refractivity contribution in [2.45, 2.75) is 19.9 Å². The Labute approximate surface area is 118 Å². The average molecular weight is 307 g/mol. The molecule has 0 atom stereocenters. The molecule has 1 aromatic rings. The molecular formula is C13H19F2NO3S. The summed E-state index contributed by atoms with van der Waals surface area (Å²) in [4.78, 5) is 0. The topological polar surface area (TPSA) is 55.4 Å². The summed E-state index contributed by atoms with van der Waals surface area (Å²) < 4.78 is 54.8. The third kappa shape index (κ3) is 5.05. The summed E-state index contributed by atoms with van der Waals surface area (Å²) in [5.41, 5.74) is 0.475. The van der Waals surface area contributed by atoms with Crippen LogP contribution in [0.2, 0.25) is 0 Å². The molecule has 114 valence electrons. The maximum atomic E-state index is 13.7. The van der Waals surface area contributed by atoms with Crippen LogP contribution in [0.4, 0.5) is 8.78 Å². The first-order valence-corrected chi connectivity index (χ1v) is 8.17. The van der Waals surface area contributed by atoms with Crippen LogP contribution < -0.4 is 10.1 Å². The number of hydrogen-bond acceptors (Lipinski definition) is 4. The number of sulfone groups is 1. The summed E-state index contributed by atoms with van der Waals surface area (Å²) in [5, 5.41) is 2.79. The van der Waals surface area contributed by atoms with Crippen LogP contribution in [-0.2, 0) is 16.4 Å². The van der Waals surface area contributed by atoms with Gasteiger partial charge in [0.1, 0.15) is 9.84 Å². The van der Waals surface area contributed by atoms with E-state index < -0.39 is 27.2 Å². The molecule has 0 saturated heterocycles. The molecule has 0 amide bonds. The van der Waals surface area contributed by atoms with Crippen molar-refractivity contribution in [1.29, 1.82) is 0 Å².